The molecule has 2 aromatic carbocycles. The summed E-state index contributed by atoms with van der Waals surface area (Å²) in [5.41, 5.74) is 3.47. The van der Waals surface area contributed by atoms with Crippen LogP contribution in [0.4, 0.5) is 0 Å². The third-order valence-electron chi connectivity index (χ3n) is 3.70. The smallest absolute Gasteiger partial charge is 0.216 e. The van der Waals surface area contributed by atoms with Gasteiger partial charge in [0.15, 0.2) is 0 Å². The summed E-state index contributed by atoms with van der Waals surface area (Å²) in [5, 5.41) is 15.9. The maximum atomic E-state index is 10.8. The number of phenols is 1. The minimum Gasteiger partial charge on any atom is -0.506 e. The number of aromatic hydroxyl groups is 1. The molecule has 0 bridgehead atoms. The number of H-pyrrole nitrogens is 1. The lowest BCUT2D eigenvalue weighted by Crippen LogP contribution is -2.29. The van der Waals surface area contributed by atoms with Crippen molar-refractivity contribution < 1.29 is 9.90 Å². The third-order valence-corrected chi connectivity index (χ3v) is 3.70. The van der Waals surface area contributed by atoms with Gasteiger partial charge in [-0.15, -0.1) is 0 Å². The Morgan fingerprint density at radius 2 is 2.04 bits per heavy atom. The van der Waals surface area contributed by atoms with E-state index in [0.29, 0.717) is 25.2 Å². The second-order valence-electron chi connectivity index (χ2n) is 5.62. The van der Waals surface area contributed by atoms with Crippen LogP contribution in [0.25, 0.3) is 22.4 Å². The van der Waals surface area contributed by atoms with E-state index in [4.69, 9.17) is 0 Å². The van der Waals surface area contributed by atoms with Gasteiger partial charge in [-0.1, -0.05) is 24.3 Å². The van der Waals surface area contributed by atoms with Gasteiger partial charge in [0.25, 0.3) is 0 Å². The predicted molar refractivity (Wildman–Crippen MR) is 93.6 cm³/mol. The van der Waals surface area contributed by atoms with Crippen molar-refractivity contribution in [2.24, 2.45) is 0 Å². The molecule has 6 nitrogen and oxygen atoms in total. The topological polar surface area (TPSA) is 90.0 Å². The highest BCUT2D eigenvalue weighted by Crippen LogP contribution is 2.26. The molecule has 1 amide bonds. The molecule has 124 valence electrons. The summed E-state index contributed by atoms with van der Waals surface area (Å²) in [6, 6.07) is 13.4. The van der Waals surface area contributed by atoms with Gasteiger partial charge in [0.1, 0.15) is 17.1 Å². The van der Waals surface area contributed by atoms with Gasteiger partial charge in [0.2, 0.25) is 5.91 Å². The number of benzene rings is 2. The van der Waals surface area contributed by atoms with Crippen molar-refractivity contribution in [2.75, 3.05) is 13.1 Å². The van der Waals surface area contributed by atoms with E-state index in [-0.39, 0.29) is 11.7 Å². The number of fused-ring (bicyclic) bond motifs is 1. The molecule has 0 atom stereocenters. The Labute approximate surface area is 139 Å². The number of hydrogen-bond acceptors (Lipinski definition) is 4. The Bertz CT molecular complexity index is 857. The Kier molecular flexibility index (Phi) is 4.77. The van der Waals surface area contributed by atoms with Crippen LogP contribution in [0.15, 0.2) is 42.5 Å². The molecule has 24 heavy (non-hydrogen) atoms. The molecule has 3 aromatic rings. The molecule has 1 aromatic heterocycles. The van der Waals surface area contributed by atoms with Gasteiger partial charge in [-0.2, -0.15) is 0 Å². The number of hydrogen-bond donors (Lipinski definition) is 4. The van der Waals surface area contributed by atoms with Crippen LogP contribution in [0.3, 0.4) is 0 Å². The minimum atomic E-state index is -0.0214. The number of amides is 1. The number of aromatic nitrogens is 2. The maximum Gasteiger partial charge on any atom is 0.216 e. The summed E-state index contributed by atoms with van der Waals surface area (Å²) in [7, 11) is 0. The van der Waals surface area contributed by atoms with Crippen LogP contribution in [0.5, 0.6) is 5.75 Å². The summed E-state index contributed by atoms with van der Waals surface area (Å²) in [6.45, 7) is 3.54. The van der Waals surface area contributed by atoms with Crippen molar-refractivity contribution >= 4 is 16.9 Å². The zero-order valence-corrected chi connectivity index (χ0v) is 13.5. The number of phenolic OH excluding ortho intramolecular Hbond substituents is 1. The number of aromatic amines is 1. The van der Waals surface area contributed by atoms with Gasteiger partial charge in [-0.05, 0) is 23.8 Å². The van der Waals surface area contributed by atoms with Crippen LogP contribution < -0.4 is 10.6 Å². The minimum absolute atomic E-state index is 0.0214. The lowest BCUT2D eigenvalue weighted by molar-refractivity contribution is -0.118. The van der Waals surface area contributed by atoms with Crippen molar-refractivity contribution in [1.82, 2.24) is 20.6 Å². The van der Waals surface area contributed by atoms with Gasteiger partial charge in [0, 0.05) is 32.1 Å². The lowest BCUT2D eigenvalue weighted by Gasteiger charge is -2.06. The second kappa shape index (κ2) is 7.14. The molecule has 4 N–H and O–H groups in total. The van der Waals surface area contributed by atoms with Crippen LogP contribution in [0.1, 0.15) is 12.5 Å². The van der Waals surface area contributed by atoms with Gasteiger partial charge < -0.3 is 20.7 Å². The highest BCUT2D eigenvalue weighted by Gasteiger charge is 2.08. The number of para-hydroxylation sites is 1. The molecule has 0 radical (unpaired) electrons. The summed E-state index contributed by atoms with van der Waals surface area (Å²) in [4.78, 5) is 18.5. The van der Waals surface area contributed by atoms with E-state index in [2.05, 4.69) is 26.7 Å². The van der Waals surface area contributed by atoms with E-state index in [1.165, 1.54) is 6.92 Å². The number of carbonyl (C=O) groups excluding carboxylic acids is 1. The van der Waals surface area contributed by atoms with Crippen molar-refractivity contribution in [3.05, 3.63) is 48.0 Å². The quantitative estimate of drug-likeness (QED) is 0.523. The van der Waals surface area contributed by atoms with Gasteiger partial charge in [-0.25, -0.2) is 4.98 Å². The fourth-order valence-electron chi connectivity index (χ4n) is 2.54. The van der Waals surface area contributed by atoms with Crippen molar-refractivity contribution in [2.45, 2.75) is 13.5 Å². The molecule has 0 aliphatic heterocycles. The first-order valence-electron chi connectivity index (χ1n) is 7.85. The molecule has 0 saturated carbocycles. The standard InChI is InChI=1S/C18H20N4O2/c1-12(23)20-9-8-19-11-13-4-2-5-14(10-13)18-21-15-6-3-7-16(24)17(15)22-18/h2-7,10,19,24H,8-9,11H2,1H3,(H,20,23)(H,21,22). The van der Waals surface area contributed by atoms with Crippen LogP contribution in [0.2, 0.25) is 0 Å². The Hall–Kier alpha value is -2.86. The molecule has 1 heterocycles. The average molecular weight is 324 g/mol. The van der Waals surface area contributed by atoms with Crippen molar-refractivity contribution in [1.29, 1.82) is 0 Å². The van der Waals surface area contributed by atoms with E-state index >= 15 is 0 Å². The first kappa shape index (κ1) is 16.0. The zero-order chi connectivity index (χ0) is 16.9. The molecule has 0 spiro atoms. The highest BCUT2D eigenvalue weighted by molar-refractivity contribution is 5.84. The summed E-state index contributed by atoms with van der Waals surface area (Å²) in [6.07, 6.45) is 0. The van der Waals surface area contributed by atoms with Crippen LogP contribution in [0, 0.1) is 0 Å². The first-order valence-corrected chi connectivity index (χ1v) is 7.85. The number of imidazole rings is 1. The molecule has 0 aliphatic carbocycles. The Balaban J connectivity index is 1.70. The molecule has 3 rings (SSSR count). The number of rotatable bonds is 6. The fourth-order valence-corrected chi connectivity index (χ4v) is 2.54. The zero-order valence-electron chi connectivity index (χ0n) is 13.5. The molecule has 0 aliphatic rings. The average Bonchev–Trinajstić information content (AvgIpc) is 3.00. The third kappa shape index (κ3) is 3.72. The van der Waals surface area contributed by atoms with Crippen LogP contribution in [-0.4, -0.2) is 34.1 Å². The van der Waals surface area contributed by atoms with Crippen molar-refractivity contribution in [3.8, 4) is 17.1 Å². The molecular formula is C18H20N4O2. The fraction of sp³-hybridized carbons (Fsp3) is 0.222. The van der Waals surface area contributed by atoms with E-state index in [1.54, 1.807) is 12.1 Å². The van der Waals surface area contributed by atoms with E-state index in [0.717, 1.165) is 22.5 Å². The predicted octanol–water partition coefficient (Wildman–Crippen LogP) is 2.16. The van der Waals surface area contributed by atoms with Gasteiger partial charge in [-0.3, -0.25) is 4.79 Å². The summed E-state index contributed by atoms with van der Waals surface area (Å²) in [5.74, 6) is 0.879. The molecule has 0 fully saturated rings. The van der Waals surface area contributed by atoms with Gasteiger partial charge in [0.05, 0.1) is 5.52 Å². The Morgan fingerprint density at radius 3 is 2.83 bits per heavy atom. The summed E-state index contributed by atoms with van der Waals surface area (Å²) >= 11 is 0. The number of nitrogens with one attached hydrogen (secondary N) is 3. The Morgan fingerprint density at radius 1 is 1.21 bits per heavy atom. The SMILES string of the molecule is CC(=O)NCCNCc1cccc(-c2nc3c(O)cccc3[nH]2)c1. The lowest BCUT2D eigenvalue weighted by atomic mass is 10.1. The second-order valence-corrected chi connectivity index (χ2v) is 5.62. The van der Waals surface area contributed by atoms with E-state index in [1.807, 2.05) is 24.3 Å². The molecule has 6 heteroatoms. The van der Waals surface area contributed by atoms with Crippen molar-refractivity contribution in [3.63, 3.8) is 0 Å². The monoisotopic (exact) mass is 324 g/mol. The number of nitrogens with zero attached hydrogens (tertiary/aromatic N) is 1. The normalized spacial score (nSPS) is 10.9. The molecular weight excluding hydrogens is 304 g/mol. The first-order chi connectivity index (χ1) is 11.6. The largest absolute Gasteiger partial charge is 0.506 e. The number of carbonyl (C=O) groups is 1. The van der Waals surface area contributed by atoms with Crippen LogP contribution >= 0.6 is 0 Å². The van der Waals surface area contributed by atoms with E-state index < -0.39 is 0 Å². The van der Waals surface area contributed by atoms with Crippen LogP contribution in [-0.2, 0) is 11.3 Å². The maximum absolute atomic E-state index is 10.8. The molecule has 0 unspecified atom stereocenters. The molecule has 0 saturated heterocycles. The van der Waals surface area contributed by atoms with Gasteiger partial charge >= 0.3 is 0 Å². The highest BCUT2D eigenvalue weighted by atomic mass is 16.3. The van der Waals surface area contributed by atoms with E-state index in [9.17, 15) is 9.90 Å². The summed E-state index contributed by atoms with van der Waals surface area (Å²) < 4.78 is 0.